The van der Waals surface area contributed by atoms with Crippen LogP contribution in [0.1, 0.15) is 26.9 Å². The highest BCUT2D eigenvalue weighted by Crippen LogP contribution is 2.31. The fourth-order valence-electron chi connectivity index (χ4n) is 2.01. The van der Waals surface area contributed by atoms with Crippen LogP contribution in [-0.4, -0.2) is 14.2 Å². The Bertz CT molecular complexity index is 496. The molecule has 0 amide bonds. The highest BCUT2D eigenvalue weighted by Gasteiger charge is 2.15. The molecule has 0 bridgehead atoms. The molecule has 2 aromatic rings. The minimum Gasteiger partial charge on any atom is -0.497 e. The summed E-state index contributed by atoms with van der Waals surface area (Å²) in [6, 6.07) is 10.8. The Morgan fingerprint density at radius 2 is 1.83 bits per heavy atom. The second kappa shape index (κ2) is 5.55. The molecule has 1 heterocycles. The third-order valence-corrected chi connectivity index (χ3v) is 4.42. The van der Waals surface area contributed by atoms with E-state index in [0.717, 1.165) is 5.75 Å². The van der Waals surface area contributed by atoms with Gasteiger partial charge < -0.3 is 10.1 Å². The van der Waals surface area contributed by atoms with Crippen molar-refractivity contribution in [3.8, 4) is 5.75 Å². The van der Waals surface area contributed by atoms with Crippen molar-refractivity contribution >= 4 is 11.3 Å². The van der Waals surface area contributed by atoms with Crippen molar-refractivity contribution in [1.29, 1.82) is 0 Å². The van der Waals surface area contributed by atoms with Crippen LogP contribution in [0, 0.1) is 13.8 Å². The van der Waals surface area contributed by atoms with E-state index >= 15 is 0 Å². The van der Waals surface area contributed by atoms with Crippen LogP contribution in [0.2, 0.25) is 0 Å². The molecule has 0 saturated carbocycles. The van der Waals surface area contributed by atoms with E-state index in [2.05, 4.69) is 37.4 Å². The molecule has 3 heteroatoms. The van der Waals surface area contributed by atoms with Crippen molar-refractivity contribution in [3.63, 3.8) is 0 Å². The molecule has 0 aliphatic heterocycles. The maximum Gasteiger partial charge on any atom is 0.118 e. The van der Waals surface area contributed by atoms with E-state index in [0.29, 0.717) is 0 Å². The molecule has 0 aliphatic rings. The van der Waals surface area contributed by atoms with Gasteiger partial charge in [0.1, 0.15) is 5.75 Å². The molecule has 1 aromatic carbocycles. The van der Waals surface area contributed by atoms with E-state index < -0.39 is 0 Å². The first-order valence-electron chi connectivity index (χ1n) is 6.04. The summed E-state index contributed by atoms with van der Waals surface area (Å²) in [4.78, 5) is 2.75. The highest BCUT2D eigenvalue weighted by molar-refractivity contribution is 7.12. The monoisotopic (exact) mass is 261 g/mol. The molecule has 0 aliphatic carbocycles. The molecule has 1 unspecified atom stereocenters. The summed E-state index contributed by atoms with van der Waals surface area (Å²) in [6.45, 7) is 4.33. The van der Waals surface area contributed by atoms with Crippen LogP contribution in [-0.2, 0) is 0 Å². The van der Waals surface area contributed by atoms with E-state index in [1.54, 1.807) is 7.11 Å². The molecule has 1 aromatic heterocycles. The summed E-state index contributed by atoms with van der Waals surface area (Å²) in [5.41, 5.74) is 2.63. The smallest absolute Gasteiger partial charge is 0.118 e. The minimum atomic E-state index is 0.258. The van der Waals surface area contributed by atoms with Gasteiger partial charge in [-0.3, -0.25) is 0 Å². The average molecular weight is 261 g/mol. The van der Waals surface area contributed by atoms with Crippen molar-refractivity contribution in [2.75, 3.05) is 14.2 Å². The summed E-state index contributed by atoms with van der Waals surface area (Å²) in [6.07, 6.45) is 0. The van der Waals surface area contributed by atoms with Gasteiger partial charge in [-0.2, -0.15) is 0 Å². The molecule has 0 fully saturated rings. The van der Waals surface area contributed by atoms with E-state index in [9.17, 15) is 0 Å². The van der Waals surface area contributed by atoms with E-state index in [4.69, 9.17) is 4.74 Å². The molecule has 0 saturated heterocycles. The van der Waals surface area contributed by atoms with Crippen LogP contribution < -0.4 is 10.1 Å². The zero-order valence-corrected chi connectivity index (χ0v) is 12.1. The first kappa shape index (κ1) is 13.1. The molecule has 0 spiro atoms. The number of hydrogen-bond acceptors (Lipinski definition) is 3. The van der Waals surface area contributed by atoms with Gasteiger partial charge in [-0.25, -0.2) is 0 Å². The molecule has 2 nitrogen and oxygen atoms in total. The number of rotatable bonds is 4. The predicted octanol–water partition coefficient (Wildman–Crippen LogP) is 3.68. The van der Waals surface area contributed by atoms with Crippen molar-refractivity contribution < 1.29 is 4.74 Å². The van der Waals surface area contributed by atoms with Crippen LogP contribution >= 0.6 is 11.3 Å². The maximum absolute atomic E-state index is 5.19. The Hall–Kier alpha value is -1.32. The normalized spacial score (nSPS) is 12.4. The van der Waals surface area contributed by atoms with Crippen LogP contribution in [0.4, 0.5) is 0 Å². The molecule has 2 rings (SSSR count). The molecular formula is C15H19NOS. The lowest BCUT2D eigenvalue weighted by Crippen LogP contribution is -2.16. The molecule has 0 radical (unpaired) electrons. The number of nitrogens with one attached hydrogen (secondary N) is 1. The number of benzene rings is 1. The van der Waals surface area contributed by atoms with Gasteiger partial charge in [0.2, 0.25) is 0 Å². The fourth-order valence-corrected chi connectivity index (χ4v) is 3.19. The molecular weight excluding hydrogens is 242 g/mol. The van der Waals surface area contributed by atoms with Crippen molar-refractivity contribution in [2.45, 2.75) is 19.9 Å². The van der Waals surface area contributed by atoms with Crippen LogP contribution in [0.3, 0.4) is 0 Å². The Morgan fingerprint density at radius 3 is 2.28 bits per heavy atom. The SMILES string of the molecule is CNC(c1ccc(OC)cc1)c1cc(C)c(C)s1. The summed E-state index contributed by atoms with van der Waals surface area (Å²) >= 11 is 1.86. The topological polar surface area (TPSA) is 21.3 Å². The zero-order valence-electron chi connectivity index (χ0n) is 11.3. The third kappa shape index (κ3) is 2.57. The third-order valence-electron chi connectivity index (χ3n) is 3.21. The quantitative estimate of drug-likeness (QED) is 0.906. The summed E-state index contributed by atoms with van der Waals surface area (Å²) in [5, 5.41) is 3.38. The predicted molar refractivity (Wildman–Crippen MR) is 77.7 cm³/mol. The van der Waals surface area contributed by atoms with Crippen LogP contribution in [0.5, 0.6) is 5.75 Å². The van der Waals surface area contributed by atoms with Gasteiger partial charge >= 0.3 is 0 Å². The first-order valence-corrected chi connectivity index (χ1v) is 6.85. The van der Waals surface area contributed by atoms with Gasteiger partial charge in [-0.15, -0.1) is 11.3 Å². The Kier molecular flexibility index (Phi) is 4.04. The second-order valence-corrected chi connectivity index (χ2v) is 5.67. The molecule has 96 valence electrons. The number of hydrogen-bond donors (Lipinski definition) is 1. The second-order valence-electron chi connectivity index (χ2n) is 4.38. The van der Waals surface area contributed by atoms with Crippen molar-refractivity contribution in [3.05, 3.63) is 51.2 Å². The van der Waals surface area contributed by atoms with Gasteiger partial charge in [-0.05, 0) is 50.2 Å². The van der Waals surface area contributed by atoms with Crippen LogP contribution in [0.25, 0.3) is 0 Å². The highest BCUT2D eigenvalue weighted by atomic mass is 32.1. The number of ether oxygens (including phenoxy) is 1. The van der Waals surface area contributed by atoms with Gasteiger partial charge in [0.15, 0.2) is 0 Å². The lowest BCUT2D eigenvalue weighted by atomic mass is 10.0. The van der Waals surface area contributed by atoms with Crippen molar-refractivity contribution in [2.24, 2.45) is 0 Å². The van der Waals surface area contributed by atoms with E-state index in [-0.39, 0.29) is 6.04 Å². The Morgan fingerprint density at radius 1 is 1.17 bits per heavy atom. The van der Waals surface area contributed by atoms with Gasteiger partial charge in [0.25, 0.3) is 0 Å². The summed E-state index contributed by atoms with van der Waals surface area (Å²) < 4.78 is 5.19. The van der Waals surface area contributed by atoms with E-state index in [1.165, 1.54) is 20.9 Å². The summed E-state index contributed by atoms with van der Waals surface area (Å²) in [7, 11) is 3.69. The minimum absolute atomic E-state index is 0.258. The lowest BCUT2D eigenvalue weighted by molar-refractivity contribution is 0.414. The summed E-state index contributed by atoms with van der Waals surface area (Å²) in [5.74, 6) is 0.896. The lowest BCUT2D eigenvalue weighted by Gasteiger charge is -2.15. The molecule has 18 heavy (non-hydrogen) atoms. The Balaban J connectivity index is 2.32. The van der Waals surface area contributed by atoms with Gasteiger partial charge in [0, 0.05) is 9.75 Å². The number of thiophene rings is 1. The number of methoxy groups -OCH3 is 1. The largest absolute Gasteiger partial charge is 0.497 e. The first-order chi connectivity index (χ1) is 8.65. The van der Waals surface area contributed by atoms with Gasteiger partial charge in [-0.1, -0.05) is 12.1 Å². The molecule has 1 atom stereocenters. The standard InChI is InChI=1S/C15H19NOS/c1-10-9-14(18-11(10)2)15(16-3)12-5-7-13(17-4)8-6-12/h5-9,15-16H,1-4H3. The maximum atomic E-state index is 5.19. The van der Waals surface area contributed by atoms with Crippen molar-refractivity contribution in [1.82, 2.24) is 5.32 Å². The Labute approximate surface area is 113 Å². The zero-order chi connectivity index (χ0) is 13.1. The number of aryl methyl sites for hydroxylation is 2. The molecule has 1 N–H and O–H groups in total. The van der Waals surface area contributed by atoms with Crippen LogP contribution in [0.15, 0.2) is 30.3 Å². The average Bonchev–Trinajstić information content (AvgIpc) is 2.71. The fraction of sp³-hybridized carbons (Fsp3) is 0.333. The van der Waals surface area contributed by atoms with Gasteiger partial charge in [0.05, 0.1) is 13.2 Å². The van der Waals surface area contributed by atoms with E-state index in [1.807, 2.05) is 30.5 Å².